The van der Waals surface area contributed by atoms with Crippen molar-refractivity contribution in [2.75, 3.05) is 14.2 Å². The number of methoxy groups -OCH3 is 2. The van der Waals surface area contributed by atoms with Gasteiger partial charge in [0.25, 0.3) is 0 Å². The summed E-state index contributed by atoms with van der Waals surface area (Å²) < 4.78 is 10.5. The summed E-state index contributed by atoms with van der Waals surface area (Å²) in [5, 5.41) is 3.65. The molecular weight excluding hydrogens is 262 g/mol. The molecule has 3 nitrogen and oxygen atoms in total. The van der Waals surface area contributed by atoms with Crippen LogP contribution in [0.1, 0.15) is 29.2 Å². The van der Waals surface area contributed by atoms with Crippen molar-refractivity contribution in [2.45, 2.75) is 25.4 Å². The minimum absolute atomic E-state index is 0.414. The van der Waals surface area contributed by atoms with Crippen LogP contribution in [-0.4, -0.2) is 14.2 Å². The zero-order valence-corrected chi connectivity index (χ0v) is 12.6. The number of fused-ring (bicyclic) bond motifs is 1. The number of aryl methyl sites for hydroxylation is 1. The van der Waals surface area contributed by atoms with Crippen molar-refractivity contribution in [3.05, 3.63) is 59.2 Å². The number of nitrogens with one attached hydrogen (secondary N) is 1. The van der Waals surface area contributed by atoms with Gasteiger partial charge in [-0.15, -0.1) is 0 Å². The van der Waals surface area contributed by atoms with Crippen LogP contribution in [0.3, 0.4) is 0 Å². The van der Waals surface area contributed by atoms with E-state index in [2.05, 4.69) is 29.6 Å². The van der Waals surface area contributed by atoms with Gasteiger partial charge in [-0.1, -0.05) is 18.2 Å². The van der Waals surface area contributed by atoms with Gasteiger partial charge in [0.1, 0.15) is 11.5 Å². The summed E-state index contributed by atoms with van der Waals surface area (Å²) in [7, 11) is 3.41. The van der Waals surface area contributed by atoms with Crippen LogP contribution in [0, 0.1) is 0 Å². The highest BCUT2D eigenvalue weighted by atomic mass is 16.5. The average Bonchev–Trinajstić information content (AvgIpc) is 2.95. The molecule has 0 saturated carbocycles. The minimum atomic E-state index is 0.414. The highest BCUT2D eigenvalue weighted by Gasteiger charge is 2.22. The molecule has 2 aromatic rings. The summed E-state index contributed by atoms with van der Waals surface area (Å²) in [6, 6.07) is 15.0. The second kappa shape index (κ2) is 6.19. The Morgan fingerprint density at radius 1 is 1.00 bits per heavy atom. The molecule has 3 heteroatoms. The van der Waals surface area contributed by atoms with E-state index >= 15 is 0 Å². The minimum Gasteiger partial charge on any atom is -0.497 e. The maximum atomic E-state index is 5.33. The van der Waals surface area contributed by atoms with E-state index in [9.17, 15) is 0 Å². The van der Waals surface area contributed by atoms with Gasteiger partial charge in [0.15, 0.2) is 0 Å². The van der Waals surface area contributed by atoms with E-state index < -0.39 is 0 Å². The zero-order valence-electron chi connectivity index (χ0n) is 12.6. The van der Waals surface area contributed by atoms with Crippen molar-refractivity contribution in [3.8, 4) is 11.5 Å². The van der Waals surface area contributed by atoms with Crippen molar-refractivity contribution in [1.29, 1.82) is 0 Å². The molecule has 0 saturated heterocycles. The van der Waals surface area contributed by atoms with Gasteiger partial charge in [-0.2, -0.15) is 0 Å². The molecule has 21 heavy (non-hydrogen) atoms. The van der Waals surface area contributed by atoms with E-state index in [1.54, 1.807) is 14.2 Å². The molecule has 1 aliphatic rings. The Morgan fingerprint density at radius 2 is 1.71 bits per heavy atom. The molecule has 110 valence electrons. The molecule has 1 N–H and O–H groups in total. The predicted molar refractivity (Wildman–Crippen MR) is 83.9 cm³/mol. The van der Waals surface area contributed by atoms with E-state index in [0.29, 0.717) is 6.04 Å². The maximum absolute atomic E-state index is 5.33. The quantitative estimate of drug-likeness (QED) is 0.911. The Kier molecular flexibility index (Phi) is 4.11. The normalized spacial score (nSPS) is 16.6. The molecular formula is C18H21NO2. The van der Waals surface area contributed by atoms with Crippen LogP contribution in [0.2, 0.25) is 0 Å². The summed E-state index contributed by atoms with van der Waals surface area (Å²) >= 11 is 0. The van der Waals surface area contributed by atoms with Gasteiger partial charge in [0, 0.05) is 12.6 Å². The van der Waals surface area contributed by atoms with Crippen LogP contribution in [0.25, 0.3) is 0 Å². The summed E-state index contributed by atoms with van der Waals surface area (Å²) in [6.45, 7) is 0.866. The summed E-state index contributed by atoms with van der Waals surface area (Å²) in [4.78, 5) is 0. The molecule has 0 radical (unpaired) electrons. The first-order chi connectivity index (χ1) is 10.3. The van der Waals surface area contributed by atoms with Crippen molar-refractivity contribution in [1.82, 2.24) is 5.32 Å². The van der Waals surface area contributed by atoms with Crippen molar-refractivity contribution in [3.63, 3.8) is 0 Å². The lowest BCUT2D eigenvalue weighted by Gasteiger charge is -2.15. The van der Waals surface area contributed by atoms with E-state index in [1.807, 2.05) is 18.2 Å². The van der Waals surface area contributed by atoms with Crippen LogP contribution >= 0.6 is 0 Å². The van der Waals surface area contributed by atoms with Crippen LogP contribution < -0.4 is 14.8 Å². The summed E-state index contributed by atoms with van der Waals surface area (Å²) in [6.07, 6.45) is 2.29. The molecule has 0 spiro atoms. The predicted octanol–water partition coefficient (Wildman–Crippen LogP) is 3.48. The smallest absolute Gasteiger partial charge is 0.119 e. The molecule has 0 heterocycles. The lowest BCUT2D eigenvalue weighted by molar-refractivity contribution is 0.413. The van der Waals surface area contributed by atoms with Gasteiger partial charge in [-0.3, -0.25) is 0 Å². The van der Waals surface area contributed by atoms with Gasteiger partial charge < -0.3 is 14.8 Å². The van der Waals surface area contributed by atoms with Crippen molar-refractivity contribution >= 4 is 0 Å². The molecule has 0 bridgehead atoms. The third kappa shape index (κ3) is 3.03. The van der Waals surface area contributed by atoms with Gasteiger partial charge in [-0.25, -0.2) is 0 Å². The third-order valence-electron chi connectivity index (χ3n) is 4.14. The van der Waals surface area contributed by atoms with Crippen LogP contribution in [0.5, 0.6) is 11.5 Å². The molecule has 1 aliphatic carbocycles. The van der Waals surface area contributed by atoms with Crippen molar-refractivity contribution in [2.24, 2.45) is 0 Å². The number of hydrogen-bond acceptors (Lipinski definition) is 3. The third-order valence-corrected chi connectivity index (χ3v) is 4.14. The Labute approximate surface area is 125 Å². The zero-order chi connectivity index (χ0) is 14.7. The fourth-order valence-electron chi connectivity index (χ4n) is 2.90. The van der Waals surface area contributed by atoms with Gasteiger partial charge >= 0.3 is 0 Å². The van der Waals surface area contributed by atoms with Crippen LogP contribution in [-0.2, 0) is 13.0 Å². The van der Waals surface area contributed by atoms with E-state index in [1.165, 1.54) is 16.7 Å². The number of rotatable bonds is 5. The van der Waals surface area contributed by atoms with Crippen LogP contribution in [0.4, 0.5) is 0 Å². The number of benzene rings is 2. The molecule has 1 atom stereocenters. The summed E-state index contributed by atoms with van der Waals surface area (Å²) in [5.41, 5.74) is 4.08. The monoisotopic (exact) mass is 283 g/mol. The first kappa shape index (κ1) is 14.0. The first-order valence-electron chi connectivity index (χ1n) is 7.33. The van der Waals surface area contributed by atoms with Crippen molar-refractivity contribution < 1.29 is 9.47 Å². The highest BCUT2D eigenvalue weighted by Crippen LogP contribution is 2.33. The average molecular weight is 283 g/mol. The standard InChI is InChI=1S/C18H21NO2/c1-20-15-7-3-13(4-8-15)12-19-18-10-6-14-5-9-16(21-2)11-17(14)18/h3-5,7-9,11,18-19H,6,10,12H2,1-2H3. The Balaban J connectivity index is 1.67. The Morgan fingerprint density at radius 3 is 2.43 bits per heavy atom. The Hall–Kier alpha value is -2.00. The molecule has 0 aromatic heterocycles. The number of ether oxygens (including phenoxy) is 2. The SMILES string of the molecule is COc1ccc(CNC2CCc3ccc(OC)cc32)cc1. The fourth-order valence-corrected chi connectivity index (χ4v) is 2.90. The topological polar surface area (TPSA) is 30.5 Å². The van der Waals surface area contributed by atoms with Gasteiger partial charge in [0.2, 0.25) is 0 Å². The largest absolute Gasteiger partial charge is 0.497 e. The molecule has 1 unspecified atom stereocenters. The van der Waals surface area contributed by atoms with Gasteiger partial charge in [0.05, 0.1) is 14.2 Å². The van der Waals surface area contributed by atoms with Gasteiger partial charge in [-0.05, 0) is 53.8 Å². The lowest BCUT2D eigenvalue weighted by atomic mass is 10.1. The van der Waals surface area contributed by atoms with Crippen LogP contribution in [0.15, 0.2) is 42.5 Å². The molecule has 3 rings (SSSR count). The second-order valence-electron chi connectivity index (χ2n) is 5.38. The molecule has 2 aromatic carbocycles. The lowest BCUT2D eigenvalue weighted by Crippen LogP contribution is -2.18. The number of hydrogen-bond donors (Lipinski definition) is 1. The highest BCUT2D eigenvalue weighted by molar-refractivity contribution is 5.41. The fraction of sp³-hybridized carbons (Fsp3) is 0.333. The molecule has 0 amide bonds. The first-order valence-corrected chi connectivity index (χ1v) is 7.33. The molecule has 0 fully saturated rings. The van der Waals surface area contributed by atoms with E-state index in [4.69, 9.17) is 9.47 Å². The maximum Gasteiger partial charge on any atom is 0.119 e. The summed E-state index contributed by atoms with van der Waals surface area (Å²) in [5.74, 6) is 1.83. The Bertz CT molecular complexity index is 607. The molecule has 0 aliphatic heterocycles. The van der Waals surface area contributed by atoms with E-state index in [-0.39, 0.29) is 0 Å². The van der Waals surface area contributed by atoms with E-state index in [0.717, 1.165) is 30.9 Å². The second-order valence-corrected chi connectivity index (χ2v) is 5.38.